The quantitative estimate of drug-likeness (QED) is 0.542. The zero-order valence-corrected chi connectivity index (χ0v) is 19.7. The molecule has 0 bridgehead atoms. The normalized spacial score (nSPS) is 12.8. The van der Waals surface area contributed by atoms with E-state index in [0.717, 1.165) is 17.1 Å². The molecule has 3 aromatic rings. The molecule has 7 nitrogen and oxygen atoms in total. The SMILES string of the molecule is Cc1ccc(N2CCOc3c(C(=O)Nc4ccc(OCC(C)(C)O)cc4)cccc32)nc1.Cl. The third-order valence-corrected chi connectivity index (χ3v) is 4.97. The summed E-state index contributed by atoms with van der Waals surface area (Å²) in [5, 5.41) is 12.7. The highest BCUT2D eigenvalue weighted by Gasteiger charge is 2.25. The number of anilines is 3. The maximum absolute atomic E-state index is 13.0. The van der Waals surface area contributed by atoms with E-state index >= 15 is 0 Å². The molecular formula is C25H28ClN3O4. The molecule has 4 rings (SSSR count). The van der Waals surface area contributed by atoms with Crippen LogP contribution in [-0.4, -0.2) is 41.4 Å². The smallest absolute Gasteiger partial charge is 0.259 e. The number of amides is 1. The van der Waals surface area contributed by atoms with Gasteiger partial charge in [0.1, 0.15) is 24.8 Å². The van der Waals surface area contributed by atoms with E-state index in [0.29, 0.717) is 35.9 Å². The van der Waals surface area contributed by atoms with Crippen LogP contribution < -0.4 is 19.7 Å². The van der Waals surface area contributed by atoms with E-state index in [1.807, 2.05) is 37.4 Å². The zero-order valence-electron chi connectivity index (χ0n) is 18.9. The van der Waals surface area contributed by atoms with Crippen molar-refractivity contribution in [3.63, 3.8) is 0 Å². The molecule has 0 atom stereocenters. The molecule has 8 heteroatoms. The van der Waals surface area contributed by atoms with E-state index in [4.69, 9.17) is 9.47 Å². The summed E-state index contributed by atoms with van der Waals surface area (Å²) in [7, 11) is 0. The van der Waals surface area contributed by atoms with Gasteiger partial charge in [0, 0.05) is 11.9 Å². The molecule has 0 radical (unpaired) electrons. The van der Waals surface area contributed by atoms with Crippen LogP contribution in [0.1, 0.15) is 29.8 Å². The van der Waals surface area contributed by atoms with Gasteiger partial charge in [-0.2, -0.15) is 0 Å². The molecule has 0 spiro atoms. The predicted octanol–water partition coefficient (Wildman–Crippen LogP) is 4.74. The summed E-state index contributed by atoms with van der Waals surface area (Å²) in [5.41, 5.74) is 2.08. The fourth-order valence-electron chi connectivity index (χ4n) is 3.38. The average Bonchev–Trinajstić information content (AvgIpc) is 2.78. The first-order chi connectivity index (χ1) is 15.3. The fourth-order valence-corrected chi connectivity index (χ4v) is 3.38. The molecule has 0 aliphatic carbocycles. The Balaban J connectivity index is 0.00000306. The Morgan fingerprint density at radius 3 is 2.61 bits per heavy atom. The first-order valence-electron chi connectivity index (χ1n) is 10.5. The van der Waals surface area contributed by atoms with Gasteiger partial charge in [-0.05, 0) is 68.8 Å². The molecule has 1 amide bonds. The molecule has 1 aliphatic heterocycles. The lowest BCUT2D eigenvalue weighted by molar-refractivity contribution is 0.0285. The van der Waals surface area contributed by atoms with Crippen LogP contribution in [-0.2, 0) is 0 Å². The Labute approximate surface area is 199 Å². The number of carbonyl (C=O) groups is 1. The Bertz CT molecular complexity index is 1100. The summed E-state index contributed by atoms with van der Waals surface area (Å²) in [5.74, 6) is 1.72. The minimum Gasteiger partial charge on any atom is -0.491 e. The third kappa shape index (κ3) is 5.94. The highest BCUT2D eigenvalue weighted by atomic mass is 35.5. The lowest BCUT2D eigenvalue weighted by Gasteiger charge is -2.31. The molecule has 0 saturated heterocycles. The molecular weight excluding hydrogens is 442 g/mol. The van der Waals surface area contributed by atoms with Crippen LogP contribution >= 0.6 is 12.4 Å². The highest BCUT2D eigenvalue weighted by molar-refractivity contribution is 6.07. The van der Waals surface area contributed by atoms with Gasteiger partial charge in [-0.15, -0.1) is 12.4 Å². The summed E-state index contributed by atoms with van der Waals surface area (Å²) in [6.45, 7) is 6.65. The molecule has 0 saturated carbocycles. The summed E-state index contributed by atoms with van der Waals surface area (Å²) in [4.78, 5) is 19.6. The van der Waals surface area contributed by atoms with Gasteiger partial charge in [0.2, 0.25) is 0 Å². The van der Waals surface area contributed by atoms with Crippen LogP contribution in [0.5, 0.6) is 11.5 Å². The number of hydrogen-bond acceptors (Lipinski definition) is 6. The van der Waals surface area contributed by atoms with Crippen molar-refractivity contribution in [2.24, 2.45) is 0 Å². The summed E-state index contributed by atoms with van der Waals surface area (Å²) in [6, 6.07) is 16.5. The Hall–Kier alpha value is -3.29. The lowest BCUT2D eigenvalue weighted by atomic mass is 10.1. The van der Waals surface area contributed by atoms with Gasteiger partial charge in [-0.25, -0.2) is 4.98 Å². The van der Waals surface area contributed by atoms with E-state index in [1.165, 1.54) is 0 Å². The average molecular weight is 470 g/mol. The third-order valence-electron chi connectivity index (χ3n) is 4.97. The monoisotopic (exact) mass is 469 g/mol. The maximum atomic E-state index is 13.0. The van der Waals surface area contributed by atoms with Crippen LogP contribution in [0.3, 0.4) is 0 Å². The molecule has 1 aliphatic rings. The van der Waals surface area contributed by atoms with Gasteiger partial charge < -0.3 is 24.8 Å². The molecule has 2 aromatic carbocycles. The van der Waals surface area contributed by atoms with Gasteiger partial charge in [0.05, 0.1) is 23.4 Å². The topological polar surface area (TPSA) is 83.9 Å². The standard InChI is InChI=1S/C25H27N3O4.ClH/c1-17-7-12-22(26-15-17)28-13-14-31-23-20(5-4-6-21(23)28)24(29)27-18-8-10-19(11-9-18)32-16-25(2,3)30;/h4-12,15,30H,13-14,16H2,1-3H3,(H,27,29);1H. The zero-order chi connectivity index (χ0) is 22.7. The number of nitrogens with zero attached hydrogens (tertiary/aromatic N) is 2. The van der Waals surface area contributed by atoms with Crippen molar-refractivity contribution in [3.05, 3.63) is 71.9 Å². The van der Waals surface area contributed by atoms with E-state index < -0.39 is 5.60 Å². The molecule has 2 heterocycles. The van der Waals surface area contributed by atoms with E-state index in [1.54, 1.807) is 44.2 Å². The maximum Gasteiger partial charge on any atom is 0.259 e. The van der Waals surface area contributed by atoms with Gasteiger partial charge in [0.25, 0.3) is 5.91 Å². The largest absolute Gasteiger partial charge is 0.491 e. The minimum atomic E-state index is -0.915. The molecule has 174 valence electrons. The van der Waals surface area contributed by atoms with Crippen LogP contribution in [0.15, 0.2) is 60.8 Å². The summed E-state index contributed by atoms with van der Waals surface area (Å²) >= 11 is 0. The van der Waals surface area contributed by atoms with Crippen molar-refractivity contribution < 1.29 is 19.4 Å². The number of aryl methyl sites for hydroxylation is 1. The number of halogens is 1. The van der Waals surface area contributed by atoms with Crippen LogP contribution in [0.4, 0.5) is 17.2 Å². The molecule has 1 aromatic heterocycles. The van der Waals surface area contributed by atoms with Gasteiger partial charge in [0.15, 0.2) is 5.75 Å². The number of rotatable bonds is 6. The number of aromatic nitrogens is 1. The van der Waals surface area contributed by atoms with Gasteiger partial charge in [-0.1, -0.05) is 12.1 Å². The van der Waals surface area contributed by atoms with Crippen LogP contribution in [0.2, 0.25) is 0 Å². The molecule has 2 N–H and O–H groups in total. The second-order valence-electron chi connectivity index (χ2n) is 8.43. The van der Waals surface area contributed by atoms with E-state index in [2.05, 4.69) is 15.2 Å². The van der Waals surface area contributed by atoms with Crippen molar-refractivity contribution >= 4 is 35.5 Å². The van der Waals surface area contributed by atoms with Crippen LogP contribution in [0.25, 0.3) is 0 Å². The molecule has 0 fully saturated rings. The Morgan fingerprint density at radius 1 is 1.18 bits per heavy atom. The molecule has 33 heavy (non-hydrogen) atoms. The second kappa shape index (κ2) is 10.1. The number of fused-ring (bicyclic) bond motifs is 1. The first-order valence-corrected chi connectivity index (χ1v) is 10.5. The first kappa shape index (κ1) is 24.4. The van der Waals surface area contributed by atoms with Crippen molar-refractivity contribution in [1.82, 2.24) is 4.98 Å². The van der Waals surface area contributed by atoms with Crippen molar-refractivity contribution in [3.8, 4) is 11.5 Å². The molecule has 0 unspecified atom stereocenters. The highest BCUT2D eigenvalue weighted by Crippen LogP contribution is 2.38. The van der Waals surface area contributed by atoms with E-state index in [-0.39, 0.29) is 24.9 Å². The van der Waals surface area contributed by atoms with Crippen molar-refractivity contribution in [2.45, 2.75) is 26.4 Å². The number of aliphatic hydroxyl groups is 1. The number of pyridine rings is 1. The lowest BCUT2D eigenvalue weighted by Crippen LogP contribution is -2.30. The van der Waals surface area contributed by atoms with Gasteiger partial charge in [-0.3, -0.25) is 4.79 Å². The summed E-state index contributed by atoms with van der Waals surface area (Å²) < 4.78 is 11.5. The fraction of sp³-hybridized carbons (Fsp3) is 0.280. The number of nitrogens with one attached hydrogen (secondary N) is 1. The number of para-hydroxylation sites is 1. The van der Waals surface area contributed by atoms with Crippen molar-refractivity contribution in [1.29, 1.82) is 0 Å². The number of benzene rings is 2. The van der Waals surface area contributed by atoms with Gasteiger partial charge >= 0.3 is 0 Å². The number of carbonyl (C=O) groups excluding carboxylic acids is 1. The Kier molecular flexibility index (Phi) is 7.46. The number of ether oxygens (including phenoxy) is 2. The van der Waals surface area contributed by atoms with E-state index in [9.17, 15) is 9.90 Å². The predicted molar refractivity (Wildman–Crippen MR) is 131 cm³/mol. The second-order valence-corrected chi connectivity index (χ2v) is 8.43. The van der Waals surface area contributed by atoms with Crippen molar-refractivity contribution in [2.75, 3.05) is 30.0 Å². The van der Waals surface area contributed by atoms with Crippen LogP contribution in [0, 0.1) is 6.92 Å². The minimum absolute atomic E-state index is 0. The summed E-state index contributed by atoms with van der Waals surface area (Å²) in [6.07, 6.45) is 1.83. The Morgan fingerprint density at radius 2 is 1.94 bits per heavy atom. The number of hydrogen-bond donors (Lipinski definition) is 2.